The molecule has 0 radical (unpaired) electrons. The minimum absolute atomic E-state index is 0.0818. The Kier molecular flexibility index (Phi) is 3.62. The van der Waals surface area contributed by atoms with Gasteiger partial charge in [0.15, 0.2) is 11.5 Å². The molecule has 1 N–H and O–H groups in total. The molecule has 1 aromatic carbocycles. The number of fused-ring (bicyclic) bond motifs is 1. The van der Waals surface area contributed by atoms with Crippen LogP contribution in [0.4, 0.5) is 0 Å². The van der Waals surface area contributed by atoms with E-state index < -0.39 is 0 Å². The number of ether oxygens (including phenoxy) is 2. The number of rotatable bonds is 3. The molecule has 2 aliphatic rings. The van der Waals surface area contributed by atoms with E-state index in [0.29, 0.717) is 13.2 Å². The molecule has 2 aliphatic heterocycles. The first-order valence-corrected chi connectivity index (χ1v) is 7.04. The van der Waals surface area contributed by atoms with Crippen LogP contribution >= 0.6 is 0 Å². The summed E-state index contributed by atoms with van der Waals surface area (Å²) in [5, 5.41) is 9.75. The molecule has 0 spiro atoms. The number of hydrogen-bond acceptors (Lipinski definition) is 4. The molecular formula is C15H21NO3. The summed E-state index contributed by atoms with van der Waals surface area (Å²) in [6, 6.07) is 4.16. The Balaban J connectivity index is 1.93. The summed E-state index contributed by atoms with van der Waals surface area (Å²) in [5.74, 6) is 1.63. The van der Waals surface area contributed by atoms with Gasteiger partial charge in [0, 0.05) is 0 Å². The zero-order valence-electron chi connectivity index (χ0n) is 11.4. The molecule has 1 saturated heterocycles. The average molecular weight is 263 g/mol. The van der Waals surface area contributed by atoms with E-state index in [1.54, 1.807) is 0 Å². The number of aliphatic hydroxyl groups excluding tert-OH is 1. The van der Waals surface area contributed by atoms with Crippen LogP contribution in [0.15, 0.2) is 12.1 Å². The van der Waals surface area contributed by atoms with Crippen molar-refractivity contribution >= 4 is 0 Å². The third-order valence-electron chi connectivity index (χ3n) is 4.04. The van der Waals surface area contributed by atoms with E-state index in [1.165, 1.54) is 12.8 Å². The predicted octanol–water partition coefficient (Wildman–Crippen LogP) is 1.90. The second-order valence-electron chi connectivity index (χ2n) is 5.29. The number of likely N-dealkylation sites (tertiary alicyclic amines) is 1. The number of aliphatic hydroxyl groups is 1. The smallest absolute Gasteiger partial charge is 0.161 e. The predicted molar refractivity (Wildman–Crippen MR) is 72.8 cm³/mol. The van der Waals surface area contributed by atoms with Gasteiger partial charge in [-0.1, -0.05) is 0 Å². The maximum atomic E-state index is 9.75. The summed E-state index contributed by atoms with van der Waals surface area (Å²) in [5.41, 5.74) is 2.32. The standard InChI is InChI=1S/C15H21NO3/c1-11-8-14-15(19-7-6-18-14)9-12(11)13(10-17)16-4-2-3-5-16/h8-9,13,17H,2-7,10H2,1H3. The van der Waals surface area contributed by atoms with Crippen LogP contribution in [0.5, 0.6) is 11.5 Å². The SMILES string of the molecule is Cc1cc2c(cc1C(CO)N1CCCC1)OCCO2. The Labute approximate surface area is 113 Å². The molecule has 0 amide bonds. The zero-order valence-corrected chi connectivity index (χ0v) is 11.4. The zero-order chi connectivity index (χ0) is 13.2. The van der Waals surface area contributed by atoms with Gasteiger partial charge >= 0.3 is 0 Å². The van der Waals surface area contributed by atoms with Gasteiger partial charge in [-0.15, -0.1) is 0 Å². The van der Waals surface area contributed by atoms with Crippen LogP contribution in [-0.4, -0.2) is 42.9 Å². The first kappa shape index (κ1) is 12.8. The molecule has 0 bridgehead atoms. The van der Waals surface area contributed by atoms with Crippen LogP contribution in [0.25, 0.3) is 0 Å². The van der Waals surface area contributed by atoms with Crippen molar-refractivity contribution in [3.63, 3.8) is 0 Å². The van der Waals surface area contributed by atoms with Crippen molar-refractivity contribution in [3.8, 4) is 11.5 Å². The van der Waals surface area contributed by atoms with Crippen molar-refractivity contribution in [2.24, 2.45) is 0 Å². The molecule has 0 aliphatic carbocycles. The Hall–Kier alpha value is -1.26. The fourth-order valence-corrected chi connectivity index (χ4v) is 3.03. The van der Waals surface area contributed by atoms with E-state index in [2.05, 4.69) is 11.8 Å². The van der Waals surface area contributed by atoms with Gasteiger partial charge < -0.3 is 14.6 Å². The lowest BCUT2D eigenvalue weighted by molar-refractivity contribution is 0.144. The summed E-state index contributed by atoms with van der Waals surface area (Å²) in [4.78, 5) is 2.36. The van der Waals surface area contributed by atoms with Gasteiger partial charge in [0.1, 0.15) is 13.2 Å². The topological polar surface area (TPSA) is 41.9 Å². The van der Waals surface area contributed by atoms with Gasteiger partial charge in [-0.2, -0.15) is 0 Å². The Morgan fingerprint density at radius 1 is 1.16 bits per heavy atom. The van der Waals surface area contributed by atoms with Crippen LogP contribution in [-0.2, 0) is 0 Å². The molecule has 104 valence electrons. The van der Waals surface area contributed by atoms with Crippen LogP contribution in [0, 0.1) is 6.92 Å². The summed E-state index contributed by atoms with van der Waals surface area (Å²) in [6.07, 6.45) is 2.44. The molecule has 4 heteroatoms. The fraction of sp³-hybridized carbons (Fsp3) is 0.600. The van der Waals surface area contributed by atoms with E-state index in [-0.39, 0.29) is 12.6 Å². The lowest BCUT2D eigenvalue weighted by Crippen LogP contribution is -2.29. The van der Waals surface area contributed by atoms with Crippen molar-refractivity contribution in [2.45, 2.75) is 25.8 Å². The first-order valence-electron chi connectivity index (χ1n) is 7.04. The molecule has 3 rings (SSSR count). The second kappa shape index (κ2) is 5.39. The molecule has 1 aromatic rings. The molecule has 1 unspecified atom stereocenters. The fourth-order valence-electron chi connectivity index (χ4n) is 3.03. The molecular weight excluding hydrogens is 242 g/mol. The maximum Gasteiger partial charge on any atom is 0.161 e. The third kappa shape index (κ3) is 2.42. The van der Waals surface area contributed by atoms with Crippen molar-refractivity contribution in [1.29, 1.82) is 0 Å². The largest absolute Gasteiger partial charge is 0.486 e. The van der Waals surface area contributed by atoms with Crippen molar-refractivity contribution < 1.29 is 14.6 Å². The van der Waals surface area contributed by atoms with E-state index in [1.807, 2.05) is 12.1 Å². The Morgan fingerprint density at radius 2 is 1.79 bits per heavy atom. The quantitative estimate of drug-likeness (QED) is 0.904. The number of benzene rings is 1. The monoisotopic (exact) mass is 263 g/mol. The molecule has 0 aromatic heterocycles. The molecule has 2 heterocycles. The average Bonchev–Trinajstić information content (AvgIpc) is 2.94. The summed E-state index contributed by atoms with van der Waals surface area (Å²) in [7, 11) is 0. The molecule has 1 fully saturated rings. The van der Waals surface area contributed by atoms with Crippen molar-refractivity contribution in [3.05, 3.63) is 23.3 Å². The lowest BCUT2D eigenvalue weighted by atomic mass is 9.99. The minimum Gasteiger partial charge on any atom is -0.486 e. The van der Waals surface area contributed by atoms with Crippen LogP contribution in [0.3, 0.4) is 0 Å². The second-order valence-corrected chi connectivity index (χ2v) is 5.29. The number of nitrogens with zero attached hydrogens (tertiary/aromatic N) is 1. The summed E-state index contributed by atoms with van der Waals surface area (Å²) in [6.45, 7) is 5.58. The highest BCUT2D eigenvalue weighted by Crippen LogP contribution is 2.37. The van der Waals surface area contributed by atoms with Crippen LogP contribution in [0.2, 0.25) is 0 Å². The molecule has 4 nitrogen and oxygen atoms in total. The highest BCUT2D eigenvalue weighted by molar-refractivity contribution is 5.48. The van der Waals surface area contributed by atoms with Gasteiger partial charge in [-0.05, 0) is 56.1 Å². The molecule has 0 saturated carbocycles. The lowest BCUT2D eigenvalue weighted by Gasteiger charge is -2.29. The van der Waals surface area contributed by atoms with Crippen LogP contribution in [0.1, 0.15) is 30.0 Å². The van der Waals surface area contributed by atoms with Gasteiger partial charge in [-0.25, -0.2) is 0 Å². The summed E-state index contributed by atoms with van der Waals surface area (Å²) >= 11 is 0. The number of hydrogen-bond donors (Lipinski definition) is 1. The minimum atomic E-state index is 0.0818. The van der Waals surface area contributed by atoms with E-state index in [0.717, 1.165) is 35.7 Å². The Bertz CT molecular complexity index is 455. The van der Waals surface area contributed by atoms with Gasteiger partial charge in [0.2, 0.25) is 0 Å². The third-order valence-corrected chi connectivity index (χ3v) is 4.04. The van der Waals surface area contributed by atoms with E-state index in [9.17, 15) is 5.11 Å². The highest BCUT2D eigenvalue weighted by Gasteiger charge is 2.26. The van der Waals surface area contributed by atoms with Gasteiger partial charge in [-0.3, -0.25) is 4.90 Å². The van der Waals surface area contributed by atoms with Gasteiger partial charge in [0.05, 0.1) is 12.6 Å². The highest BCUT2D eigenvalue weighted by atomic mass is 16.6. The van der Waals surface area contributed by atoms with E-state index in [4.69, 9.17) is 9.47 Å². The van der Waals surface area contributed by atoms with E-state index >= 15 is 0 Å². The first-order chi connectivity index (χ1) is 9.29. The molecule has 19 heavy (non-hydrogen) atoms. The van der Waals surface area contributed by atoms with Crippen LogP contribution < -0.4 is 9.47 Å². The number of aryl methyl sites for hydroxylation is 1. The Morgan fingerprint density at radius 3 is 2.42 bits per heavy atom. The normalized spacial score (nSPS) is 20.5. The van der Waals surface area contributed by atoms with Gasteiger partial charge in [0.25, 0.3) is 0 Å². The molecule has 1 atom stereocenters. The summed E-state index contributed by atoms with van der Waals surface area (Å²) < 4.78 is 11.2. The van der Waals surface area contributed by atoms with Crippen molar-refractivity contribution in [2.75, 3.05) is 32.9 Å². The maximum absolute atomic E-state index is 9.75. The van der Waals surface area contributed by atoms with Crippen molar-refractivity contribution in [1.82, 2.24) is 4.90 Å².